The number of anilines is 4. The van der Waals surface area contributed by atoms with Gasteiger partial charge in [0.05, 0.1) is 37.6 Å². The van der Waals surface area contributed by atoms with Gasteiger partial charge in [0, 0.05) is 32.7 Å². The zero-order valence-electron chi connectivity index (χ0n) is 38.6. The van der Waals surface area contributed by atoms with E-state index in [9.17, 15) is 28.8 Å². The number of methoxy groups -OCH3 is 1. The fourth-order valence-corrected chi connectivity index (χ4v) is 9.17. The van der Waals surface area contributed by atoms with Crippen LogP contribution < -0.4 is 40.5 Å². The molecule has 0 radical (unpaired) electrons. The van der Waals surface area contributed by atoms with Crippen LogP contribution in [0.1, 0.15) is 95.8 Å². The van der Waals surface area contributed by atoms with Crippen molar-refractivity contribution in [1.82, 2.24) is 30.8 Å². The molecule has 21 heteroatoms. The Morgan fingerprint density at radius 3 is 2.28 bits per heavy atom. The summed E-state index contributed by atoms with van der Waals surface area (Å²) in [6.07, 6.45) is 8.59. The topological polar surface area (TPSA) is 232 Å². The number of nitrogens with zero attached hydrogens (tertiary/aromatic N) is 5. The number of amides is 6. The predicted molar refractivity (Wildman–Crippen MR) is 246 cm³/mol. The molecule has 3 aliphatic heterocycles. The molecule has 367 valence electrons. The van der Waals surface area contributed by atoms with Crippen molar-refractivity contribution in [1.29, 1.82) is 0 Å². The molecule has 2 unspecified atom stereocenters. The number of benzene rings is 2. The summed E-state index contributed by atoms with van der Waals surface area (Å²) in [4.78, 5) is 90.5. The number of nitrogens with one attached hydrogen (secondary N) is 4. The summed E-state index contributed by atoms with van der Waals surface area (Å²) < 4.78 is 29.0. The zero-order chi connectivity index (χ0) is 48.2. The Labute approximate surface area is 402 Å². The molecular formula is C47H59CoN9O11. The Morgan fingerprint density at radius 1 is 0.882 bits per heavy atom. The van der Waals surface area contributed by atoms with Gasteiger partial charge in [-0.2, -0.15) is 0 Å². The number of rotatable bonds is 24. The molecule has 1 aromatic heterocycles. The van der Waals surface area contributed by atoms with Crippen LogP contribution >= 0.6 is 0 Å². The summed E-state index contributed by atoms with van der Waals surface area (Å²) in [6, 6.07) is 9.09. The summed E-state index contributed by atoms with van der Waals surface area (Å²) in [5, 5.41) is 11.1. The molecule has 1 saturated heterocycles. The second kappa shape index (κ2) is 23.8. The first kappa shape index (κ1) is 49.9. The van der Waals surface area contributed by atoms with Crippen molar-refractivity contribution in [3.63, 3.8) is 0 Å². The minimum absolute atomic E-state index is 0.00748. The number of hydrogen-bond donors (Lipinski definition) is 4. The van der Waals surface area contributed by atoms with Crippen LogP contribution in [-0.2, 0) is 43.9 Å². The summed E-state index contributed by atoms with van der Waals surface area (Å²) in [6.45, 7) is 4.86. The van der Waals surface area contributed by atoms with Gasteiger partial charge in [0.25, 0.3) is 17.7 Å². The third-order valence-electron chi connectivity index (χ3n) is 12.1. The number of piperidine rings is 1. The predicted octanol–water partition coefficient (Wildman–Crippen LogP) is 3.04. The van der Waals surface area contributed by atoms with Gasteiger partial charge in [-0.1, -0.05) is 6.07 Å². The number of carbonyl (C=O) groups excluding carboxylic acids is 6. The maximum absolute atomic E-state index is 13.2. The summed E-state index contributed by atoms with van der Waals surface area (Å²) in [5.74, 6) is -1.35. The monoisotopic (exact) mass is 984 g/mol. The molecule has 2 atom stereocenters. The van der Waals surface area contributed by atoms with Crippen LogP contribution in [0.3, 0.4) is 0 Å². The van der Waals surface area contributed by atoms with Gasteiger partial charge in [-0.3, -0.25) is 39.0 Å². The number of hydrogen-bond acceptors (Lipinski definition) is 16. The van der Waals surface area contributed by atoms with Crippen molar-refractivity contribution < 1.29 is 67.8 Å². The fraction of sp³-hybridized carbons (Fsp3) is 0.511. The van der Waals surface area contributed by atoms with Crippen LogP contribution in [0.15, 0.2) is 42.6 Å². The SMILES string of the molecule is CCC1[C](=[Co])N(C)c2cnc(Nc3ccc(C(=O)NCCCOCCOCCOCCCNC(=O)COc4cccc5c4C(=O)N(C4CCC(=O)NC4=O)C5=O)cc3OC)nc2N1C1CCCC1. The van der Waals surface area contributed by atoms with E-state index in [0.717, 1.165) is 40.2 Å². The van der Waals surface area contributed by atoms with Gasteiger partial charge in [0.2, 0.25) is 11.8 Å². The summed E-state index contributed by atoms with van der Waals surface area (Å²) in [7, 11) is 3.56. The van der Waals surface area contributed by atoms with Gasteiger partial charge in [0.15, 0.2) is 6.61 Å². The van der Waals surface area contributed by atoms with Crippen molar-refractivity contribution in [2.24, 2.45) is 0 Å². The number of carbonyl (C=O) groups is 6. The molecule has 4 heterocycles. The third kappa shape index (κ3) is 11.8. The first-order valence-electron chi connectivity index (χ1n) is 23.1. The van der Waals surface area contributed by atoms with Crippen LogP contribution in [-0.4, -0.2) is 147 Å². The Bertz CT molecular complexity index is 2360. The van der Waals surface area contributed by atoms with Crippen molar-refractivity contribution in [2.45, 2.75) is 82.8 Å². The molecule has 0 bridgehead atoms. The van der Waals surface area contributed by atoms with E-state index in [1.807, 2.05) is 13.2 Å². The van der Waals surface area contributed by atoms with Crippen molar-refractivity contribution in [3.8, 4) is 11.5 Å². The normalized spacial score (nSPS) is 18.1. The van der Waals surface area contributed by atoms with Gasteiger partial charge < -0.3 is 29.6 Å². The van der Waals surface area contributed by atoms with E-state index in [2.05, 4.69) is 43.0 Å². The zero-order valence-corrected chi connectivity index (χ0v) is 39.6. The molecule has 2 aromatic carbocycles. The Kier molecular flexibility index (Phi) is 17.5. The molecule has 2 fully saturated rings. The first-order valence-corrected chi connectivity index (χ1v) is 23.6. The number of ether oxygens (including phenoxy) is 5. The minimum atomic E-state index is -1.10. The van der Waals surface area contributed by atoms with Crippen LogP contribution in [0, 0.1) is 0 Å². The molecule has 1 saturated carbocycles. The molecule has 20 nitrogen and oxygen atoms in total. The van der Waals surface area contributed by atoms with Crippen LogP contribution in [0.4, 0.5) is 23.1 Å². The fourth-order valence-electron chi connectivity index (χ4n) is 8.69. The molecular weight excluding hydrogens is 926 g/mol. The second-order valence-electron chi connectivity index (χ2n) is 16.6. The Morgan fingerprint density at radius 2 is 1.59 bits per heavy atom. The van der Waals surface area contributed by atoms with E-state index in [1.165, 1.54) is 31.0 Å². The van der Waals surface area contributed by atoms with E-state index in [-0.39, 0.29) is 41.7 Å². The van der Waals surface area contributed by atoms with Crippen molar-refractivity contribution in [2.75, 3.05) is 88.6 Å². The summed E-state index contributed by atoms with van der Waals surface area (Å²) in [5.41, 5.74) is 2.05. The number of aromatic nitrogens is 2. The standard InChI is InChI=1S/C47H59N9O11.Co/c1-4-31-28-54(2)36-27-50-47(53-42(36)55(31)32-10-5-6-11-32)51-34-15-14-30(26-38(34)63-3)43(59)49-19-9-21-65-23-25-66-24-22-64-20-8-18-48-40(58)29-67-37-13-7-12-33-41(37)46(62)56(45(33)61)35-16-17-39(57)52-44(35)60;/h7,12-15,26-27,31-32,35H,4-6,8-11,16-25,29H2,1-3H3,(H,48,58)(H,49,59)(H,50,51,53)(H,52,57,60);. The molecule has 4 aliphatic rings. The molecule has 6 amide bonds. The quantitative estimate of drug-likeness (QED) is 0.0747. The molecule has 4 N–H and O–H groups in total. The van der Waals surface area contributed by atoms with Crippen LogP contribution in [0.5, 0.6) is 11.5 Å². The van der Waals surface area contributed by atoms with Gasteiger partial charge in [0.1, 0.15) is 11.8 Å². The molecule has 68 heavy (non-hydrogen) atoms. The molecule has 0 spiro atoms. The number of imide groups is 2. The Hall–Kier alpha value is -6.00. The van der Waals surface area contributed by atoms with E-state index >= 15 is 0 Å². The van der Waals surface area contributed by atoms with Crippen molar-refractivity contribution >= 4 is 63.2 Å². The van der Waals surface area contributed by atoms with Gasteiger partial charge in [-0.15, -0.1) is 0 Å². The van der Waals surface area contributed by atoms with Gasteiger partial charge in [-0.05, 0) is 31.4 Å². The number of likely N-dealkylation sites (N-methyl/N-ethyl adjacent to an activating group) is 1. The van der Waals surface area contributed by atoms with E-state index in [4.69, 9.17) is 44.0 Å². The van der Waals surface area contributed by atoms with E-state index in [0.29, 0.717) is 94.6 Å². The van der Waals surface area contributed by atoms with Gasteiger partial charge >= 0.3 is 180 Å². The van der Waals surface area contributed by atoms with E-state index < -0.39 is 42.2 Å². The first-order chi connectivity index (χ1) is 33.0. The maximum atomic E-state index is 13.2. The van der Waals surface area contributed by atoms with Crippen molar-refractivity contribution in [3.05, 3.63) is 59.3 Å². The van der Waals surface area contributed by atoms with Crippen LogP contribution in [0.25, 0.3) is 0 Å². The van der Waals surface area contributed by atoms with Crippen LogP contribution in [0.2, 0.25) is 0 Å². The third-order valence-corrected chi connectivity index (χ3v) is 12.8. The molecule has 7 rings (SSSR count). The Balaban J connectivity index is 0.719. The summed E-state index contributed by atoms with van der Waals surface area (Å²) >= 11 is 4.96. The average Bonchev–Trinajstić information content (AvgIpc) is 3.96. The average molecular weight is 985 g/mol. The van der Waals surface area contributed by atoms with E-state index in [1.54, 1.807) is 25.3 Å². The molecule has 1 aliphatic carbocycles. The second-order valence-corrected chi connectivity index (χ2v) is 17.2. The molecule has 3 aromatic rings. The van der Waals surface area contributed by atoms with Gasteiger partial charge in [-0.25, -0.2) is 0 Å². The number of fused-ring (bicyclic) bond motifs is 2.